The summed E-state index contributed by atoms with van der Waals surface area (Å²) in [6.45, 7) is 1.75. The number of hydrogen-bond donors (Lipinski definition) is 3. The molecule has 86 valence electrons. The number of rotatable bonds is 3. The molecular weight excluding hydrogens is 208 g/mol. The van der Waals surface area contributed by atoms with Crippen molar-refractivity contribution in [1.82, 2.24) is 5.32 Å². The maximum absolute atomic E-state index is 10.7. The molecule has 1 atom stereocenters. The molecule has 0 spiro atoms. The highest BCUT2D eigenvalue weighted by molar-refractivity contribution is 5.89. The molecule has 0 radical (unpaired) electrons. The van der Waals surface area contributed by atoms with E-state index in [1.807, 2.05) is 0 Å². The number of benzene rings is 1. The first-order chi connectivity index (χ1) is 7.66. The fourth-order valence-corrected chi connectivity index (χ4v) is 1.70. The molecule has 1 aliphatic rings. The van der Waals surface area contributed by atoms with Gasteiger partial charge < -0.3 is 20.9 Å². The first-order valence-corrected chi connectivity index (χ1v) is 5.17. The van der Waals surface area contributed by atoms with Gasteiger partial charge in [-0.3, -0.25) is 0 Å². The summed E-state index contributed by atoms with van der Waals surface area (Å²) in [5.74, 6) is -0.431. The smallest absolute Gasteiger partial charge is 0.335 e. The zero-order valence-electron chi connectivity index (χ0n) is 8.77. The van der Waals surface area contributed by atoms with Crippen LogP contribution in [-0.4, -0.2) is 30.3 Å². The Morgan fingerprint density at radius 3 is 2.94 bits per heavy atom. The van der Waals surface area contributed by atoms with Gasteiger partial charge in [0, 0.05) is 6.54 Å². The summed E-state index contributed by atoms with van der Waals surface area (Å²) >= 11 is 0. The summed E-state index contributed by atoms with van der Waals surface area (Å²) in [6, 6.07) is 4.52. The van der Waals surface area contributed by atoms with Crippen LogP contribution in [0.15, 0.2) is 18.2 Å². The molecule has 1 saturated heterocycles. The molecule has 1 aliphatic heterocycles. The Kier molecular flexibility index (Phi) is 2.96. The van der Waals surface area contributed by atoms with E-state index in [9.17, 15) is 4.79 Å². The Morgan fingerprint density at radius 2 is 2.38 bits per heavy atom. The van der Waals surface area contributed by atoms with Gasteiger partial charge in [0.2, 0.25) is 0 Å². The quantitative estimate of drug-likeness (QED) is 0.656. The minimum absolute atomic E-state index is 0.123. The Morgan fingerprint density at radius 1 is 1.56 bits per heavy atom. The zero-order chi connectivity index (χ0) is 11.5. The Bertz CT molecular complexity index is 400. The fraction of sp³-hybridized carbons (Fsp3) is 0.364. The average Bonchev–Trinajstić information content (AvgIpc) is 2.73. The molecule has 0 aliphatic carbocycles. The average molecular weight is 222 g/mol. The van der Waals surface area contributed by atoms with Gasteiger partial charge in [0.05, 0.1) is 11.3 Å². The molecule has 16 heavy (non-hydrogen) atoms. The summed E-state index contributed by atoms with van der Waals surface area (Å²) in [5.41, 5.74) is 6.27. The summed E-state index contributed by atoms with van der Waals surface area (Å²) in [6.07, 6.45) is 1.07. The van der Waals surface area contributed by atoms with E-state index in [2.05, 4.69) is 5.32 Å². The topological polar surface area (TPSA) is 84.6 Å². The van der Waals surface area contributed by atoms with Crippen molar-refractivity contribution < 1.29 is 14.6 Å². The van der Waals surface area contributed by atoms with Gasteiger partial charge in [-0.2, -0.15) is 0 Å². The molecule has 5 heteroatoms. The van der Waals surface area contributed by atoms with Crippen molar-refractivity contribution in [3.8, 4) is 5.75 Å². The van der Waals surface area contributed by atoms with Gasteiger partial charge in [0.15, 0.2) is 0 Å². The Balaban J connectivity index is 2.12. The molecule has 1 unspecified atom stereocenters. The SMILES string of the molecule is Nc1cc(C(=O)O)ccc1OC1CCNC1. The number of anilines is 1. The number of nitrogens with one attached hydrogen (secondary N) is 1. The third-order valence-corrected chi connectivity index (χ3v) is 2.57. The second-order valence-corrected chi connectivity index (χ2v) is 3.79. The summed E-state index contributed by atoms with van der Waals surface area (Å²) in [5, 5.41) is 12.0. The number of ether oxygens (including phenoxy) is 1. The highest BCUT2D eigenvalue weighted by atomic mass is 16.5. The van der Waals surface area contributed by atoms with Gasteiger partial charge >= 0.3 is 5.97 Å². The third kappa shape index (κ3) is 2.25. The summed E-state index contributed by atoms with van der Waals surface area (Å²) in [4.78, 5) is 10.7. The van der Waals surface area contributed by atoms with Gasteiger partial charge in [0.1, 0.15) is 11.9 Å². The number of nitrogen functional groups attached to an aromatic ring is 1. The van der Waals surface area contributed by atoms with Gasteiger partial charge in [-0.15, -0.1) is 0 Å². The minimum Gasteiger partial charge on any atom is -0.487 e. The lowest BCUT2D eigenvalue weighted by atomic mass is 10.2. The van der Waals surface area contributed by atoms with E-state index in [0.717, 1.165) is 19.5 Å². The van der Waals surface area contributed by atoms with Crippen molar-refractivity contribution in [2.75, 3.05) is 18.8 Å². The zero-order valence-corrected chi connectivity index (χ0v) is 8.77. The van der Waals surface area contributed by atoms with Gasteiger partial charge in [-0.05, 0) is 31.2 Å². The Labute approximate surface area is 93.2 Å². The van der Waals surface area contributed by atoms with E-state index in [1.165, 1.54) is 12.1 Å². The van der Waals surface area contributed by atoms with Crippen LogP contribution in [-0.2, 0) is 0 Å². The van der Waals surface area contributed by atoms with Crippen LogP contribution in [0.4, 0.5) is 5.69 Å². The van der Waals surface area contributed by atoms with Crippen LogP contribution in [0.5, 0.6) is 5.75 Å². The predicted molar refractivity (Wildman–Crippen MR) is 59.7 cm³/mol. The van der Waals surface area contributed by atoms with Gasteiger partial charge in [-0.25, -0.2) is 4.79 Å². The first kappa shape index (κ1) is 10.8. The Hall–Kier alpha value is -1.75. The number of carbonyl (C=O) groups is 1. The summed E-state index contributed by atoms with van der Waals surface area (Å²) < 4.78 is 5.66. The third-order valence-electron chi connectivity index (χ3n) is 2.57. The standard InChI is InChI=1S/C11H14N2O3/c12-9-5-7(11(14)15)1-2-10(9)16-8-3-4-13-6-8/h1-2,5,8,13H,3-4,6,12H2,(H,14,15). The fourth-order valence-electron chi connectivity index (χ4n) is 1.70. The van der Waals surface area contributed by atoms with Crippen LogP contribution < -0.4 is 15.8 Å². The lowest BCUT2D eigenvalue weighted by Crippen LogP contribution is -2.20. The van der Waals surface area contributed by atoms with Crippen molar-refractivity contribution in [3.63, 3.8) is 0 Å². The lowest BCUT2D eigenvalue weighted by molar-refractivity contribution is 0.0697. The first-order valence-electron chi connectivity index (χ1n) is 5.17. The minimum atomic E-state index is -0.985. The highest BCUT2D eigenvalue weighted by Gasteiger charge is 2.17. The van der Waals surface area contributed by atoms with Crippen molar-refractivity contribution >= 4 is 11.7 Å². The molecular formula is C11H14N2O3. The summed E-state index contributed by atoms with van der Waals surface area (Å²) in [7, 11) is 0. The van der Waals surface area contributed by atoms with E-state index in [0.29, 0.717) is 11.4 Å². The number of aromatic carboxylic acids is 1. The number of carboxylic acid groups (broad SMARTS) is 1. The predicted octanol–water partition coefficient (Wildman–Crippen LogP) is 0.708. The van der Waals surface area contributed by atoms with Crippen LogP contribution in [0.3, 0.4) is 0 Å². The maximum atomic E-state index is 10.7. The molecule has 4 N–H and O–H groups in total. The monoisotopic (exact) mass is 222 g/mol. The van der Waals surface area contributed by atoms with E-state index in [-0.39, 0.29) is 11.7 Å². The molecule has 2 rings (SSSR count). The molecule has 1 fully saturated rings. The number of hydrogen-bond acceptors (Lipinski definition) is 4. The van der Waals surface area contributed by atoms with E-state index < -0.39 is 5.97 Å². The molecule has 0 bridgehead atoms. The molecule has 5 nitrogen and oxygen atoms in total. The normalized spacial score (nSPS) is 19.6. The molecule has 1 heterocycles. The van der Waals surface area contributed by atoms with Gasteiger partial charge in [-0.1, -0.05) is 0 Å². The lowest BCUT2D eigenvalue weighted by Gasteiger charge is -2.14. The second kappa shape index (κ2) is 4.40. The highest BCUT2D eigenvalue weighted by Crippen LogP contribution is 2.24. The number of carboxylic acids is 1. The molecule has 1 aromatic rings. The van der Waals surface area contributed by atoms with Crippen LogP contribution in [0.1, 0.15) is 16.8 Å². The van der Waals surface area contributed by atoms with Crippen LogP contribution in [0.2, 0.25) is 0 Å². The van der Waals surface area contributed by atoms with E-state index in [4.69, 9.17) is 15.6 Å². The molecule has 0 amide bonds. The van der Waals surface area contributed by atoms with Crippen LogP contribution in [0.25, 0.3) is 0 Å². The largest absolute Gasteiger partial charge is 0.487 e. The van der Waals surface area contributed by atoms with Gasteiger partial charge in [0.25, 0.3) is 0 Å². The van der Waals surface area contributed by atoms with Crippen molar-refractivity contribution in [1.29, 1.82) is 0 Å². The molecule has 0 saturated carbocycles. The van der Waals surface area contributed by atoms with Crippen molar-refractivity contribution in [3.05, 3.63) is 23.8 Å². The van der Waals surface area contributed by atoms with Crippen LogP contribution in [0, 0.1) is 0 Å². The van der Waals surface area contributed by atoms with Crippen molar-refractivity contribution in [2.45, 2.75) is 12.5 Å². The number of nitrogens with two attached hydrogens (primary N) is 1. The molecule has 0 aromatic heterocycles. The van der Waals surface area contributed by atoms with E-state index in [1.54, 1.807) is 6.07 Å². The maximum Gasteiger partial charge on any atom is 0.335 e. The van der Waals surface area contributed by atoms with Crippen molar-refractivity contribution in [2.24, 2.45) is 0 Å². The molecule has 1 aromatic carbocycles. The van der Waals surface area contributed by atoms with E-state index >= 15 is 0 Å². The second-order valence-electron chi connectivity index (χ2n) is 3.79. The van der Waals surface area contributed by atoms with Crippen LogP contribution >= 0.6 is 0 Å².